The first-order chi connectivity index (χ1) is 12.7. The third kappa shape index (κ3) is 4.04. The minimum atomic E-state index is -0.344. The molecule has 0 unspecified atom stereocenters. The van der Waals surface area contributed by atoms with Gasteiger partial charge in [0.1, 0.15) is 17.8 Å². The SMILES string of the molecule is CCc1ccc(Oc2ncnc(NNC(=O)c3ccncc3)c2N)cc1. The van der Waals surface area contributed by atoms with Gasteiger partial charge in [-0.2, -0.15) is 4.98 Å². The molecule has 8 nitrogen and oxygen atoms in total. The first-order valence-electron chi connectivity index (χ1n) is 8.01. The lowest BCUT2D eigenvalue weighted by atomic mass is 10.2. The van der Waals surface area contributed by atoms with Gasteiger partial charge in [0.2, 0.25) is 5.88 Å². The number of nitrogens with one attached hydrogen (secondary N) is 2. The minimum Gasteiger partial charge on any atom is -0.437 e. The van der Waals surface area contributed by atoms with Crippen LogP contribution in [0.15, 0.2) is 55.1 Å². The second kappa shape index (κ2) is 7.93. The Morgan fingerprint density at radius 2 is 1.85 bits per heavy atom. The van der Waals surface area contributed by atoms with Crippen molar-refractivity contribution < 1.29 is 9.53 Å². The number of nitrogen functional groups attached to an aromatic ring is 1. The number of hydrogen-bond acceptors (Lipinski definition) is 7. The summed E-state index contributed by atoms with van der Waals surface area (Å²) in [5.74, 6) is 0.704. The molecule has 3 aromatic rings. The van der Waals surface area contributed by atoms with Crippen LogP contribution in [0.3, 0.4) is 0 Å². The Bertz CT molecular complexity index is 884. The molecular weight excluding hydrogens is 332 g/mol. The monoisotopic (exact) mass is 350 g/mol. The van der Waals surface area contributed by atoms with E-state index in [2.05, 4.69) is 32.7 Å². The molecule has 8 heteroatoms. The maximum Gasteiger partial charge on any atom is 0.269 e. The van der Waals surface area contributed by atoms with Gasteiger partial charge in [0.25, 0.3) is 5.91 Å². The van der Waals surface area contributed by atoms with Crippen molar-refractivity contribution in [3.8, 4) is 11.6 Å². The average molecular weight is 350 g/mol. The molecule has 0 aliphatic heterocycles. The Hall–Kier alpha value is -3.68. The number of anilines is 2. The number of carbonyl (C=O) groups is 1. The van der Waals surface area contributed by atoms with Crippen LogP contribution >= 0.6 is 0 Å². The maximum atomic E-state index is 12.0. The number of carbonyl (C=O) groups excluding carboxylic acids is 1. The molecule has 0 aliphatic carbocycles. The lowest BCUT2D eigenvalue weighted by molar-refractivity contribution is 0.0962. The molecule has 0 fully saturated rings. The summed E-state index contributed by atoms with van der Waals surface area (Å²) < 4.78 is 5.70. The first-order valence-corrected chi connectivity index (χ1v) is 8.01. The van der Waals surface area contributed by atoms with Gasteiger partial charge in [-0.05, 0) is 36.2 Å². The molecule has 132 valence electrons. The Kier molecular flexibility index (Phi) is 5.23. The van der Waals surface area contributed by atoms with Gasteiger partial charge in [-0.15, -0.1) is 0 Å². The number of nitrogens with zero attached hydrogens (tertiary/aromatic N) is 3. The number of rotatable bonds is 6. The molecule has 1 amide bonds. The van der Waals surface area contributed by atoms with E-state index in [9.17, 15) is 4.79 Å². The molecule has 3 rings (SSSR count). The predicted octanol–water partition coefficient (Wildman–Crippen LogP) is 2.57. The molecule has 4 N–H and O–H groups in total. The average Bonchev–Trinajstić information content (AvgIpc) is 2.69. The molecule has 0 atom stereocenters. The van der Waals surface area contributed by atoms with E-state index in [1.165, 1.54) is 24.3 Å². The van der Waals surface area contributed by atoms with Crippen molar-refractivity contribution in [1.82, 2.24) is 20.4 Å². The topological polar surface area (TPSA) is 115 Å². The van der Waals surface area contributed by atoms with Gasteiger partial charge >= 0.3 is 0 Å². The highest BCUT2D eigenvalue weighted by Crippen LogP contribution is 2.29. The van der Waals surface area contributed by atoms with Gasteiger partial charge in [-0.1, -0.05) is 19.1 Å². The number of nitrogens with two attached hydrogens (primary N) is 1. The van der Waals surface area contributed by atoms with Crippen molar-refractivity contribution in [1.29, 1.82) is 0 Å². The van der Waals surface area contributed by atoms with Gasteiger partial charge in [-0.3, -0.25) is 20.6 Å². The second-order valence-electron chi connectivity index (χ2n) is 5.36. The Balaban J connectivity index is 1.69. The Morgan fingerprint density at radius 1 is 1.12 bits per heavy atom. The molecule has 26 heavy (non-hydrogen) atoms. The van der Waals surface area contributed by atoms with Crippen LogP contribution in [0, 0.1) is 0 Å². The van der Waals surface area contributed by atoms with Crippen molar-refractivity contribution in [2.24, 2.45) is 0 Å². The molecule has 2 aromatic heterocycles. The number of aromatic nitrogens is 3. The van der Waals surface area contributed by atoms with Crippen LogP contribution in [-0.4, -0.2) is 20.9 Å². The van der Waals surface area contributed by atoms with Crippen LogP contribution in [-0.2, 0) is 6.42 Å². The molecule has 0 radical (unpaired) electrons. The van der Waals surface area contributed by atoms with E-state index < -0.39 is 0 Å². The van der Waals surface area contributed by atoms with Gasteiger partial charge in [0.15, 0.2) is 5.82 Å². The van der Waals surface area contributed by atoms with E-state index >= 15 is 0 Å². The Labute approximate surface area is 150 Å². The van der Waals surface area contributed by atoms with Gasteiger partial charge in [0, 0.05) is 18.0 Å². The predicted molar refractivity (Wildman–Crippen MR) is 97.7 cm³/mol. The third-order valence-electron chi connectivity index (χ3n) is 3.63. The number of amides is 1. The van der Waals surface area contributed by atoms with Crippen LogP contribution in [0.25, 0.3) is 0 Å². The number of aryl methyl sites for hydroxylation is 1. The van der Waals surface area contributed by atoms with Gasteiger partial charge in [-0.25, -0.2) is 4.98 Å². The summed E-state index contributed by atoms with van der Waals surface area (Å²) in [5, 5.41) is 0. The highest BCUT2D eigenvalue weighted by Gasteiger charge is 2.12. The number of pyridine rings is 1. The van der Waals surface area contributed by atoms with E-state index in [-0.39, 0.29) is 23.3 Å². The van der Waals surface area contributed by atoms with Crippen LogP contribution in [0.1, 0.15) is 22.8 Å². The number of benzene rings is 1. The fourth-order valence-electron chi connectivity index (χ4n) is 2.16. The fourth-order valence-corrected chi connectivity index (χ4v) is 2.16. The zero-order valence-electron chi connectivity index (χ0n) is 14.1. The smallest absolute Gasteiger partial charge is 0.269 e. The normalized spacial score (nSPS) is 10.2. The standard InChI is InChI=1S/C18H18N6O2/c1-2-12-3-5-14(6-4-12)26-18-15(19)16(21-11-22-18)23-24-17(25)13-7-9-20-10-8-13/h3-11H,2,19H2,1H3,(H,24,25)(H,21,22,23). The van der Waals surface area contributed by atoms with Gasteiger partial charge < -0.3 is 10.5 Å². The molecule has 0 aliphatic rings. The molecule has 0 bridgehead atoms. The third-order valence-corrected chi connectivity index (χ3v) is 3.63. The van der Waals surface area contributed by atoms with Crippen molar-refractivity contribution in [2.45, 2.75) is 13.3 Å². The van der Waals surface area contributed by atoms with Crippen LogP contribution in [0.4, 0.5) is 11.5 Å². The van der Waals surface area contributed by atoms with Crippen LogP contribution < -0.4 is 21.3 Å². The zero-order valence-corrected chi connectivity index (χ0v) is 14.1. The van der Waals surface area contributed by atoms with E-state index in [1.807, 2.05) is 24.3 Å². The Morgan fingerprint density at radius 3 is 2.54 bits per heavy atom. The quantitative estimate of drug-likeness (QED) is 0.585. The zero-order chi connectivity index (χ0) is 18.4. The second-order valence-corrected chi connectivity index (χ2v) is 5.36. The van der Waals surface area contributed by atoms with Crippen molar-refractivity contribution in [3.63, 3.8) is 0 Å². The van der Waals surface area contributed by atoms with E-state index in [0.29, 0.717) is 11.3 Å². The van der Waals surface area contributed by atoms with Crippen LogP contribution in [0.2, 0.25) is 0 Å². The summed E-state index contributed by atoms with van der Waals surface area (Å²) >= 11 is 0. The number of hydrogen-bond donors (Lipinski definition) is 3. The summed E-state index contributed by atoms with van der Waals surface area (Å²) in [5.41, 5.74) is 13.1. The van der Waals surface area contributed by atoms with Crippen molar-refractivity contribution in [3.05, 3.63) is 66.2 Å². The largest absolute Gasteiger partial charge is 0.437 e. The molecular formula is C18H18N6O2. The van der Waals surface area contributed by atoms with Crippen LogP contribution in [0.5, 0.6) is 11.6 Å². The summed E-state index contributed by atoms with van der Waals surface area (Å²) in [6.07, 6.45) is 5.31. The minimum absolute atomic E-state index is 0.182. The molecule has 0 spiro atoms. The van der Waals surface area contributed by atoms with E-state index in [0.717, 1.165) is 6.42 Å². The summed E-state index contributed by atoms with van der Waals surface area (Å²) in [4.78, 5) is 24.0. The van der Waals surface area contributed by atoms with E-state index in [4.69, 9.17) is 10.5 Å². The summed E-state index contributed by atoms with van der Waals surface area (Å²) in [6.45, 7) is 2.08. The number of ether oxygens (including phenoxy) is 1. The highest BCUT2D eigenvalue weighted by atomic mass is 16.5. The lowest BCUT2D eigenvalue weighted by Crippen LogP contribution is -2.30. The molecule has 1 aromatic carbocycles. The maximum absolute atomic E-state index is 12.0. The fraction of sp³-hybridized carbons (Fsp3) is 0.111. The van der Waals surface area contributed by atoms with Crippen molar-refractivity contribution >= 4 is 17.4 Å². The first kappa shape index (κ1) is 17.2. The summed E-state index contributed by atoms with van der Waals surface area (Å²) in [7, 11) is 0. The summed E-state index contributed by atoms with van der Waals surface area (Å²) in [6, 6.07) is 10.8. The lowest BCUT2D eigenvalue weighted by Gasteiger charge is -2.12. The molecule has 0 saturated carbocycles. The highest BCUT2D eigenvalue weighted by molar-refractivity contribution is 5.94. The molecule has 0 saturated heterocycles. The van der Waals surface area contributed by atoms with Crippen molar-refractivity contribution in [2.75, 3.05) is 11.2 Å². The molecule has 2 heterocycles. The van der Waals surface area contributed by atoms with Gasteiger partial charge in [0.05, 0.1) is 0 Å². The van der Waals surface area contributed by atoms with E-state index in [1.54, 1.807) is 12.1 Å². The number of hydrazine groups is 1.